The Labute approximate surface area is 424 Å². The third-order valence-electron chi connectivity index (χ3n) is 17.0. The molecule has 0 aromatic heterocycles. The average molecular weight is 926 g/mol. The van der Waals surface area contributed by atoms with Gasteiger partial charge in [0.05, 0.1) is 11.2 Å². The van der Waals surface area contributed by atoms with E-state index >= 15 is 0 Å². The fourth-order valence-corrected chi connectivity index (χ4v) is 13.3. The summed E-state index contributed by atoms with van der Waals surface area (Å²) in [6, 6.07) is 70.6. The Kier molecular flexibility index (Phi) is 10.3. The number of nitrogens with zero attached hydrogens (tertiary/aromatic N) is 3. The molecule has 8 aromatic rings. The van der Waals surface area contributed by atoms with Gasteiger partial charge in [-0.15, -0.1) is 0 Å². The van der Waals surface area contributed by atoms with E-state index in [0.29, 0.717) is 0 Å². The van der Waals surface area contributed by atoms with Crippen molar-refractivity contribution in [1.82, 2.24) is 0 Å². The normalized spacial score (nSPS) is 19.2. The first-order valence-electron chi connectivity index (χ1n) is 26.3. The fourth-order valence-electron chi connectivity index (χ4n) is 13.3. The van der Waals surface area contributed by atoms with Crippen molar-refractivity contribution in [3.8, 4) is 11.1 Å². The maximum absolute atomic E-state index is 2.80. The summed E-state index contributed by atoms with van der Waals surface area (Å²) in [6.45, 7) is 23.6. The molecular weight excluding hydrogens is 858 g/mol. The number of hydrogen-bond acceptors (Lipinski definition) is 3. The van der Waals surface area contributed by atoms with E-state index in [-0.39, 0.29) is 33.9 Å². The average Bonchev–Trinajstić information content (AvgIpc) is 3.61. The van der Waals surface area contributed by atoms with E-state index < -0.39 is 0 Å². The molecular formula is C67H68BN3. The summed E-state index contributed by atoms with van der Waals surface area (Å²) >= 11 is 0. The fraction of sp³-hybridized carbons (Fsp3) is 0.284. The van der Waals surface area contributed by atoms with Crippen molar-refractivity contribution in [2.75, 3.05) is 14.7 Å². The molecule has 0 saturated heterocycles. The zero-order valence-electron chi connectivity index (χ0n) is 43.6. The molecule has 354 valence electrons. The summed E-state index contributed by atoms with van der Waals surface area (Å²) in [6.07, 6.45) is 4.58. The first-order valence-corrected chi connectivity index (χ1v) is 26.3. The van der Waals surface area contributed by atoms with Gasteiger partial charge in [-0.1, -0.05) is 203 Å². The molecule has 0 radical (unpaired) electrons. The van der Waals surface area contributed by atoms with Crippen molar-refractivity contribution >= 4 is 68.6 Å². The van der Waals surface area contributed by atoms with Crippen LogP contribution in [0.3, 0.4) is 0 Å². The Balaban J connectivity index is 1.21. The molecule has 0 bridgehead atoms. The van der Waals surface area contributed by atoms with E-state index in [2.05, 4.69) is 266 Å². The van der Waals surface area contributed by atoms with E-state index in [1.54, 1.807) is 0 Å². The van der Waals surface area contributed by atoms with Gasteiger partial charge in [0.25, 0.3) is 6.71 Å². The molecule has 0 N–H and O–H groups in total. The maximum Gasteiger partial charge on any atom is 0.252 e. The molecule has 12 rings (SSSR count). The van der Waals surface area contributed by atoms with Gasteiger partial charge in [-0.25, -0.2) is 0 Å². The largest absolute Gasteiger partial charge is 0.334 e. The first kappa shape index (κ1) is 45.4. The summed E-state index contributed by atoms with van der Waals surface area (Å²) < 4.78 is 0. The Hall–Kier alpha value is -6.78. The quantitative estimate of drug-likeness (QED) is 0.159. The molecule has 2 unspecified atom stereocenters. The molecule has 4 heteroatoms. The van der Waals surface area contributed by atoms with Gasteiger partial charge < -0.3 is 14.7 Å². The van der Waals surface area contributed by atoms with Crippen molar-refractivity contribution < 1.29 is 0 Å². The molecule has 71 heavy (non-hydrogen) atoms. The number of para-hydroxylation sites is 2. The maximum atomic E-state index is 2.80. The third-order valence-corrected chi connectivity index (χ3v) is 17.0. The second-order valence-electron chi connectivity index (χ2n) is 24.3. The lowest BCUT2D eigenvalue weighted by atomic mass is 9.33. The Morgan fingerprint density at radius 2 is 0.958 bits per heavy atom. The molecule has 2 atom stereocenters. The van der Waals surface area contributed by atoms with Crippen LogP contribution >= 0.6 is 0 Å². The monoisotopic (exact) mass is 926 g/mol. The van der Waals surface area contributed by atoms with Gasteiger partial charge in [-0.2, -0.15) is 0 Å². The molecule has 8 aromatic carbocycles. The summed E-state index contributed by atoms with van der Waals surface area (Å²) in [4.78, 5) is 8.08. The van der Waals surface area contributed by atoms with Crippen LogP contribution in [0, 0.1) is 0 Å². The van der Waals surface area contributed by atoms with E-state index in [9.17, 15) is 0 Å². The number of anilines is 8. The van der Waals surface area contributed by atoms with E-state index in [0.717, 1.165) is 12.8 Å². The van der Waals surface area contributed by atoms with E-state index in [1.165, 1.54) is 114 Å². The van der Waals surface area contributed by atoms with Crippen LogP contribution in [0.1, 0.15) is 123 Å². The Bertz CT molecular complexity index is 3350. The lowest BCUT2D eigenvalue weighted by Crippen LogP contribution is -2.61. The number of benzene rings is 8. The van der Waals surface area contributed by atoms with E-state index in [4.69, 9.17) is 0 Å². The molecule has 1 saturated carbocycles. The SMILES string of the molecule is CC(C)(C)c1ccc(N2c3ccc(C(C)(C)C)cc3B3c4ccccc4N(c4ccc(C(C)(C)C)cc4-c4ccccc4)c4cc(N5c6ccccc6C6(c7ccccc7)CCCCC56C)cc2c43)cc1. The second kappa shape index (κ2) is 16.1. The molecule has 3 heterocycles. The Morgan fingerprint density at radius 3 is 1.63 bits per heavy atom. The van der Waals surface area contributed by atoms with Crippen molar-refractivity contribution in [3.05, 3.63) is 210 Å². The highest BCUT2D eigenvalue weighted by Crippen LogP contribution is 2.64. The van der Waals surface area contributed by atoms with Crippen LogP contribution in [0.25, 0.3) is 11.1 Å². The molecule has 3 nitrogen and oxygen atoms in total. The summed E-state index contributed by atoms with van der Waals surface area (Å²) in [5.41, 5.74) is 22.7. The number of hydrogen-bond donors (Lipinski definition) is 0. The minimum Gasteiger partial charge on any atom is -0.334 e. The summed E-state index contributed by atoms with van der Waals surface area (Å²) in [5.74, 6) is 0. The van der Waals surface area contributed by atoms with Crippen LogP contribution in [0.4, 0.5) is 45.5 Å². The zero-order valence-corrected chi connectivity index (χ0v) is 43.6. The minimum absolute atomic E-state index is 0.00235. The van der Waals surface area contributed by atoms with Crippen molar-refractivity contribution in [1.29, 1.82) is 0 Å². The van der Waals surface area contributed by atoms with Gasteiger partial charge >= 0.3 is 0 Å². The summed E-state index contributed by atoms with van der Waals surface area (Å²) in [7, 11) is 0. The predicted molar refractivity (Wildman–Crippen MR) is 305 cm³/mol. The van der Waals surface area contributed by atoms with Gasteiger partial charge in [0.2, 0.25) is 0 Å². The van der Waals surface area contributed by atoms with E-state index in [1.807, 2.05) is 0 Å². The topological polar surface area (TPSA) is 9.72 Å². The second-order valence-corrected chi connectivity index (χ2v) is 24.3. The van der Waals surface area contributed by atoms with Crippen LogP contribution in [-0.2, 0) is 21.7 Å². The van der Waals surface area contributed by atoms with Crippen LogP contribution in [0.2, 0.25) is 0 Å². The molecule has 4 aliphatic rings. The van der Waals surface area contributed by atoms with Crippen LogP contribution in [-0.4, -0.2) is 12.3 Å². The smallest absolute Gasteiger partial charge is 0.252 e. The molecule has 3 aliphatic heterocycles. The van der Waals surface area contributed by atoms with Gasteiger partial charge in [0.1, 0.15) is 0 Å². The standard InChI is InChI=1S/C67H68BN3/c1-63(2,3)46-31-35-50(36-32-46)69-59-38-34-49(65(7,8)9)42-55(59)68-54-28-18-20-30-58(54)70(56-37-33-48(64(4,5)6)41-52(56)45-23-13-11-14-24-45)61-44-51(43-60(69)62(61)68)71-57-29-19-17-27-53(57)67(47-25-15-12-16-26-47)40-22-21-39-66(67,71)10/h11-20,23-38,41-44H,21-22,39-40H2,1-10H3. The number of rotatable bonds is 5. The van der Waals surface area contributed by atoms with Crippen LogP contribution < -0.4 is 31.1 Å². The zero-order chi connectivity index (χ0) is 49.2. The van der Waals surface area contributed by atoms with Gasteiger partial charge in [0, 0.05) is 50.8 Å². The number of fused-ring (bicyclic) bond motifs is 7. The molecule has 1 aliphatic carbocycles. The van der Waals surface area contributed by atoms with Gasteiger partial charge in [-0.3, -0.25) is 0 Å². The molecule has 0 amide bonds. The van der Waals surface area contributed by atoms with Gasteiger partial charge in [-0.05, 0) is 140 Å². The van der Waals surface area contributed by atoms with Gasteiger partial charge in [0.15, 0.2) is 0 Å². The highest BCUT2D eigenvalue weighted by atomic mass is 15.3. The molecule has 1 fully saturated rings. The predicted octanol–water partition coefficient (Wildman–Crippen LogP) is 16.1. The lowest BCUT2D eigenvalue weighted by molar-refractivity contribution is 0.215. The van der Waals surface area contributed by atoms with Crippen molar-refractivity contribution in [2.45, 2.75) is 122 Å². The highest BCUT2D eigenvalue weighted by molar-refractivity contribution is 7.00. The van der Waals surface area contributed by atoms with Crippen molar-refractivity contribution in [3.63, 3.8) is 0 Å². The molecule has 0 spiro atoms. The highest BCUT2D eigenvalue weighted by Gasteiger charge is 2.61. The first-order chi connectivity index (χ1) is 34.0. The van der Waals surface area contributed by atoms with Crippen LogP contribution in [0.5, 0.6) is 0 Å². The van der Waals surface area contributed by atoms with Crippen molar-refractivity contribution in [2.24, 2.45) is 0 Å². The third kappa shape index (κ3) is 6.91. The Morgan fingerprint density at radius 1 is 0.423 bits per heavy atom. The summed E-state index contributed by atoms with van der Waals surface area (Å²) in [5, 5.41) is 0. The van der Waals surface area contributed by atoms with Crippen LogP contribution in [0.15, 0.2) is 182 Å². The lowest BCUT2D eigenvalue weighted by Gasteiger charge is -2.53. The minimum atomic E-state index is -0.245.